The summed E-state index contributed by atoms with van der Waals surface area (Å²) in [6.45, 7) is 5.97. The molecule has 0 aromatic rings. The number of nitrogens with zero attached hydrogens (tertiary/aromatic N) is 2. The lowest BCUT2D eigenvalue weighted by atomic mass is 10.1. The molecule has 1 saturated heterocycles. The van der Waals surface area contributed by atoms with Crippen LogP contribution in [-0.4, -0.2) is 62.7 Å². The molecule has 1 fully saturated rings. The van der Waals surface area contributed by atoms with Gasteiger partial charge in [0.05, 0.1) is 0 Å². The highest BCUT2D eigenvalue weighted by Crippen LogP contribution is 2.18. The minimum absolute atomic E-state index is 0.660. The molecule has 1 aliphatic heterocycles. The van der Waals surface area contributed by atoms with Crippen molar-refractivity contribution in [2.24, 2.45) is 0 Å². The van der Waals surface area contributed by atoms with E-state index >= 15 is 0 Å². The summed E-state index contributed by atoms with van der Waals surface area (Å²) >= 11 is 0. The van der Waals surface area contributed by atoms with Crippen molar-refractivity contribution in [2.45, 2.75) is 38.3 Å². The average Bonchev–Trinajstić information content (AvgIpc) is 2.61. The third-order valence-corrected chi connectivity index (χ3v) is 3.43. The Labute approximate surface area is 94.8 Å². The van der Waals surface area contributed by atoms with Gasteiger partial charge in [-0.15, -0.1) is 0 Å². The molecule has 0 amide bonds. The van der Waals surface area contributed by atoms with Gasteiger partial charge in [0.2, 0.25) is 0 Å². The van der Waals surface area contributed by atoms with Crippen molar-refractivity contribution < 1.29 is 0 Å². The molecule has 0 bridgehead atoms. The Kier molecular flexibility index (Phi) is 5.58. The summed E-state index contributed by atoms with van der Waals surface area (Å²) < 4.78 is 0. The zero-order chi connectivity index (χ0) is 11.3. The molecule has 0 aliphatic carbocycles. The van der Waals surface area contributed by atoms with Gasteiger partial charge in [0.15, 0.2) is 0 Å². The topological polar surface area (TPSA) is 18.5 Å². The van der Waals surface area contributed by atoms with Crippen LogP contribution in [0.2, 0.25) is 0 Å². The minimum atomic E-state index is 0.660. The lowest BCUT2D eigenvalue weighted by Gasteiger charge is -2.30. The summed E-state index contributed by atoms with van der Waals surface area (Å²) in [6.07, 6.45) is 3.97. The summed E-state index contributed by atoms with van der Waals surface area (Å²) in [5, 5.41) is 3.40. The Bertz CT molecular complexity index is 166. The van der Waals surface area contributed by atoms with E-state index in [0.717, 1.165) is 6.04 Å². The van der Waals surface area contributed by atoms with Gasteiger partial charge in [0.25, 0.3) is 0 Å². The van der Waals surface area contributed by atoms with E-state index in [9.17, 15) is 0 Å². The van der Waals surface area contributed by atoms with Crippen LogP contribution < -0.4 is 5.32 Å². The monoisotopic (exact) mass is 213 g/mol. The van der Waals surface area contributed by atoms with Crippen LogP contribution in [0.3, 0.4) is 0 Å². The van der Waals surface area contributed by atoms with Crippen LogP contribution in [0.4, 0.5) is 0 Å². The van der Waals surface area contributed by atoms with Crippen LogP contribution in [-0.2, 0) is 0 Å². The van der Waals surface area contributed by atoms with Gasteiger partial charge in [-0.05, 0) is 47.0 Å². The Balaban J connectivity index is 2.38. The summed E-state index contributed by atoms with van der Waals surface area (Å²) in [6, 6.07) is 1.44. The minimum Gasteiger partial charge on any atom is -0.316 e. The molecule has 0 aromatic carbocycles. The predicted octanol–water partition coefficient (Wildman–Crippen LogP) is 1.01. The molecule has 90 valence electrons. The summed E-state index contributed by atoms with van der Waals surface area (Å²) in [4.78, 5) is 4.97. The van der Waals surface area contributed by atoms with E-state index < -0.39 is 0 Å². The molecular formula is C12H27N3. The van der Waals surface area contributed by atoms with E-state index in [1.54, 1.807) is 0 Å². The average molecular weight is 213 g/mol. The number of nitrogens with one attached hydrogen (secondary N) is 1. The van der Waals surface area contributed by atoms with Gasteiger partial charge in [-0.3, -0.25) is 4.90 Å². The molecule has 0 spiro atoms. The Hall–Kier alpha value is -0.120. The van der Waals surface area contributed by atoms with Gasteiger partial charge in [-0.2, -0.15) is 0 Å². The maximum atomic E-state index is 3.40. The second kappa shape index (κ2) is 6.46. The third-order valence-electron chi connectivity index (χ3n) is 3.43. The van der Waals surface area contributed by atoms with Crippen molar-refractivity contribution in [1.82, 2.24) is 15.1 Å². The smallest absolute Gasteiger partial charge is 0.0224 e. The Morgan fingerprint density at radius 1 is 1.47 bits per heavy atom. The molecule has 1 heterocycles. The van der Waals surface area contributed by atoms with Crippen LogP contribution in [0.1, 0.15) is 26.2 Å². The summed E-state index contributed by atoms with van der Waals surface area (Å²) in [7, 11) is 6.42. The fraction of sp³-hybridized carbons (Fsp3) is 1.00. The first kappa shape index (κ1) is 12.9. The molecule has 15 heavy (non-hydrogen) atoms. The van der Waals surface area contributed by atoms with Crippen molar-refractivity contribution in [2.75, 3.05) is 40.8 Å². The van der Waals surface area contributed by atoms with Gasteiger partial charge in [-0.1, -0.05) is 6.92 Å². The van der Waals surface area contributed by atoms with Gasteiger partial charge in [-0.25, -0.2) is 0 Å². The fourth-order valence-electron chi connectivity index (χ4n) is 2.47. The summed E-state index contributed by atoms with van der Waals surface area (Å²) in [5.41, 5.74) is 0. The molecule has 1 N–H and O–H groups in total. The van der Waals surface area contributed by atoms with Crippen LogP contribution >= 0.6 is 0 Å². The zero-order valence-electron chi connectivity index (χ0n) is 10.8. The van der Waals surface area contributed by atoms with E-state index in [0.29, 0.717) is 6.04 Å². The molecule has 0 radical (unpaired) electrons. The quantitative estimate of drug-likeness (QED) is 0.710. The van der Waals surface area contributed by atoms with Gasteiger partial charge >= 0.3 is 0 Å². The number of hydrogen-bond donors (Lipinski definition) is 1. The van der Waals surface area contributed by atoms with E-state index in [4.69, 9.17) is 0 Å². The van der Waals surface area contributed by atoms with Gasteiger partial charge < -0.3 is 10.2 Å². The summed E-state index contributed by atoms with van der Waals surface area (Å²) in [5.74, 6) is 0. The van der Waals surface area contributed by atoms with Crippen molar-refractivity contribution in [3.05, 3.63) is 0 Å². The van der Waals surface area contributed by atoms with E-state index in [1.165, 1.54) is 38.9 Å². The maximum absolute atomic E-state index is 3.40. The lowest BCUT2D eigenvalue weighted by molar-refractivity contribution is 0.190. The van der Waals surface area contributed by atoms with Crippen LogP contribution in [0.15, 0.2) is 0 Å². The van der Waals surface area contributed by atoms with E-state index in [-0.39, 0.29) is 0 Å². The lowest BCUT2D eigenvalue weighted by Crippen LogP contribution is -2.44. The molecule has 0 saturated carbocycles. The maximum Gasteiger partial charge on any atom is 0.0224 e. The largest absolute Gasteiger partial charge is 0.316 e. The number of likely N-dealkylation sites (tertiary alicyclic amines) is 1. The second-order valence-corrected chi connectivity index (χ2v) is 4.95. The van der Waals surface area contributed by atoms with Gasteiger partial charge in [0.1, 0.15) is 0 Å². The Morgan fingerprint density at radius 2 is 2.20 bits per heavy atom. The molecule has 1 aliphatic rings. The SMILES string of the molecule is CCC(CN1CCCC1CN(C)C)NC. The molecular weight excluding hydrogens is 186 g/mol. The van der Waals surface area contributed by atoms with Gasteiger partial charge in [0, 0.05) is 25.2 Å². The second-order valence-electron chi connectivity index (χ2n) is 4.95. The predicted molar refractivity (Wildman–Crippen MR) is 66.3 cm³/mol. The first-order valence-corrected chi connectivity index (χ1v) is 6.23. The highest BCUT2D eigenvalue weighted by molar-refractivity contribution is 4.83. The first-order chi connectivity index (χ1) is 7.17. The molecule has 3 heteroatoms. The molecule has 0 aromatic heterocycles. The highest BCUT2D eigenvalue weighted by Gasteiger charge is 2.25. The number of rotatable bonds is 6. The molecule has 2 atom stereocenters. The van der Waals surface area contributed by atoms with Crippen molar-refractivity contribution >= 4 is 0 Å². The third kappa shape index (κ3) is 4.09. The normalized spacial score (nSPS) is 25.0. The van der Waals surface area contributed by atoms with Crippen molar-refractivity contribution in [3.8, 4) is 0 Å². The van der Waals surface area contributed by atoms with Crippen LogP contribution in [0, 0.1) is 0 Å². The zero-order valence-corrected chi connectivity index (χ0v) is 10.8. The van der Waals surface area contributed by atoms with E-state index in [2.05, 4.69) is 43.2 Å². The van der Waals surface area contributed by atoms with Crippen LogP contribution in [0.25, 0.3) is 0 Å². The standard InChI is InChI=1S/C12H27N3/c1-5-11(13-2)9-15-8-6-7-12(15)10-14(3)4/h11-13H,5-10H2,1-4H3. The number of hydrogen-bond acceptors (Lipinski definition) is 3. The molecule has 2 unspecified atom stereocenters. The van der Waals surface area contributed by atoms with Crippen LogP contribution in [0.5, 0.6) is 0 Å². The van der Waals surface area contributed by atoms with E-state index in [1.807, 2.05) is 0 Å². The highest BCUT2D eigenvalue weighted by atomic mass is 15.2. The van der Waals surface area contributed by atoms with Crippen molar-refractivity contribution in [3.63, 3.8) is 0 Å². The molecule has 3 nitrogen and oxygen atoms in total. The molecule has 1 rings (SSSR count). The van der Waals surface area contributed by atoms with Crippen molar-refractivity contribution in [1.29, 1.82) is 0 Å². The fourth-order valence-corrected chi connectivity index (χ4v) is 2.47. The first-order valence-electron chi connectivity index (χ1n) is 6.23. The number of likely N-dealkylation sites (N-methyl/N-ethyl adjacent to an activating group) is 2. The Morgan fingerprint density at radius 3 is 2.73 bits per heavy atom.